The molecule has 1 unspecified atom stereocenters. The predicted octanol–water partition coefficient (Wildman–Crippen LogP) is 2.37. The van der Waals surface area contributed by atoms with Gasteiger partial charge in [0, 0.05) is 0 Å². The quantitative estimate of drug-likeness (QED) is 0.720. The highest BCUT2D eigenvalue weighted by atomic mass is 35.5. The molecule has 1 rings (SSSR count). The molecular weight excluding hydrogens is 203 g/mol. The van der Waals surface area contributed by atoms with E-state index in [1.165, 1.54) is 13.0 Å². The first-order valence-corrected chi connectivity index (χ1v) is 4.57. The van der Waals surface area contributed by atoms with Crippen molar-refractivity contribution in [2.24, 2.45) is 0 Å². The van der Waals surface area contributed by atoms with Crippen LogP contribution in [0, 0.1) is 12.7 Å². The van der Waals surface area contributed by atoms with Crippen LogP contribution >= 0.6 is 11.6 Å². The topological polar surface area (TPSA) is 37.3 Å². The molecule has 2 nitrogen and oxygen atoms in total. The molecule has 1 N–H and O–H groups in total. The van der Waals surface area contributed by atoms with E-state index in [0.29, 0.717) is 5.56 Å². The highest BCUT2D eigenvalue weighted by Crippen LogP contribution is 2.22. The third-order valence-electron chi connectivity index (χ3n) is 1.40. The molecule has 0 spiro atoms. The largest absolute Gasteiger partial charge is 0.302 e. The van der Waals surface area contributed by atoms with Crippen molar-refractivity contribution in [3.8, 4) is 0 Å². The van der Waals surface area contributed by atoms with E-state index >= 15 is 0 Å². The molecule has 1 aromatic rings. The Labute approximate surface area is 76.6 Å². The first kappa shape index (κ1) is 9.64. The van der Waals surface area contributed by atoms with Gasteiger partial charge in [0.25, 0.3) is 0 Å². The van der Waals surface area contributed by atoms with Crippen molar-refractivity contribution in [1.29, 1.82) is 0 Å². The molecule has 0 aromatic heterocycles. The van der Waals surface area contributed by atoms with E-state index < -0.39 is 16.9 Å². The zero-order chi connectivity index (χ0) is 9.30. The summed E-state index contributed by atoms with van der Waals surface area (Å²) in [6.45, 7) is 1.50. The predicted molar refractivity (Wildman–Crippen MR) is 45.2 cm³/mol. The van der Waals surface area contributed by atoms with Gasteiger partial charge >= 0.3 is 0 Å². The summed E-state index contributed by atoms with van der Waals surface area (Å²) in [7, 11) is 0. The fraction of sp³-hybridized carbons (Fsp3) is 0.143. The molecule has 0 fully saturated rings. The van der Waals surface area contributed by atoms with E-state index in [2.05, 4.69) is 0 Å². The Balaban J connectivity index is 3.33. The molecule has 0 radical (unpaired) electrons. The number of rotatable bonds is 1. The van der Waals surface area contributed by atoms with Crippen LogP contribution in [0.1, 0.15) is 5.56 Å². The summed E-state index contributed by atoms with van der Waals surface area (Å²) in [4.78, 5) is 0.0376. The Morgan fingerprint density at radius 2 is 2.17 bits per heavy atom. The zero-order valence-corrected chi connectivity index (χ0v) is 7.75. The minimum atomic E-state index is -2.16. The van der Waals surface area contributed by atoms with Crippen LogP contribution in [0.25, 0.3) is 0 Å². The van der Waals surface area contributed by atoms with Crippen molar-refractivity contribution in [3.05, 3.63) is 28.5 Å². The molecule has 0 aliphatic heterocycles. The lowest BCUT2D eigenvalue weighted by molar-refractivity contribution is 0.563. The van der Waals surface area contributed by atoms with Crippen LogP contribution in [-0.4, -0.2) is 8.76 Å². The number of halogens is 2. The Bertz CT molecular complexity index is 340. The minimum Gasteiger partial charge on any atom is -0.302 e. The molecule has 0 heterocycles. The van der Waals surface area contributed by atoms with Crippen LogP contribution in [0.15, 0.2) is 17.0 Å². The second-order valence-corrected chi connectivity index (χ2v) is 3.63. The average molecular weight is 209 g/mol. The summed E-state index contributed by atoms with van der Waals surface area (Å²) in [6.07, 6.45) is 0. The first-order valence-electron chi connectivity index (χ1n) is 3.09. The Morgan fingerprint density at radius 1 is 1.58 bits per heavy atom. The van der Waals surface area contributed by atoms with Gasteiger partial charge in [0.2, 0.25) is 0 Å². The molecule has 1 aromatic carbocycles. The van der Waals surface area contributed by atoms with E-state index in [1.807, 2.05) is 0 Å². The lowest BCUT2D eigenvalue weighted by Gasteiger charge is -2.01. The lowest BCUT2D eigenvalue weighted by Crippen LogP contribution is -1.93. The van der Waals surface area contributed by atoms with Crippen molar-refractivity contribution in [3.63, 3.8) is 0 Å². The highest BCUT2D eigenvalue weighted by Gasteiger charge is 2.09. The molecule has 0 amide bonds. The molecule has 0 bridgehead atoms. The second-order valence-electron chi connectivity index (χ2n) is 2.28. The number of aryl methyl sites for hydroxylation is 1. The number of hydrogen-bond acceptors (Lipinski definition) is 1. The van der Waals surface area contributed by atoms with E-state index in [9.17, 15) is 8.60 Å². The fourth-order valence-corrected chi connectivity index (χ4v) is 1.62. The maximum atomic E-state index is 12.8. The first-order chi connectivity index (χ1) is 5.52. The summed E-state index contributed by atoms with van der Waals surface area (Å²) in [6, 6.07) is 2.29. The van der Waals surface area contributed by atoms with Gasteiger partial charge in [0.15, 0.2) is 11.1 Å². The van der Waals surface area contributed by atoms with E-state index in [1.54, 1.807) is 0 Å². The normalized spacial score (nSPS) is 13.0. The molecule has 0 aliphatic carbocycles. The van der Waals surface area contributed by atoms with Crippen molar-refractivity contribution >= 4 is 22.7 Å². The van der Waals surface area contributed by atoms with Crippen LogP contribution in [0.3, 0.4) is 0 Å². The lowest BCUT2D eigenvalue weighted by atomic mass is 10.2. The van der Waals surface area contributed by atoms with E-state index in [-0.39, 0.29) is 9.92 Å². The highest BCUT2D eigenvalue weighted by molar-refractivity contribution is 7.79. The van der Waals surface area contributed by atoms with Crippen molar-refractivity contribution in [2.45, 2.75) is 11.8 Å². The van der Waals surface area contributed by atoms with Gasteiger partial charge in [-0.3, -0.25) is 0 Å². The summed E-state index contributed by atoms with van der Waals surface area (Å²) < 4.78 is 32.0. The molecule has 5 heteroatoms. The van der Waals surface area contributed by atoms with Crippen LogP contribution in [-0.2, 0) is 11.1 Å². The van der Waals surface area contributed by atoms with Crippen molar-refractivity contribution < 1.29 is 13.2 Å². The maximum Gasteiger partial charge on any atom is 0.188 e. The van der Waals surface area contributed by atoms with Crippen LogP contribution in [0.4, 0.5) is 4.39 Å². The summed E-state index contributed by atoms with van der Waals surface area (Å²) in [5, 5.41) is -0.0288. The standard InChI is InChI=1S/C7H6ClFO2S/c1-4-2-7(12(10)11)5(8)3-6(4)9/h2-3H,1H3,(H,10,11). The number of benzene rings is 1. The SMILES string of the molecule is Cc1cc(S(=O)O)c(Cl)cc1F. The van der Waals surface area contributed by atoms with Crippen molar-refractivity contribution in [2.75, 3.05) is 0 Å². The molecule has 0 saturated carbocycles. The van der Waals surface area contributed by atoms with Gasteiger partial charge in [-0.1, -0.05) is 11.6 Å². The van der Waals surface area contributed by atoms with E-state index in [4.69, 9.17) is 16.2 Å². The van der Waals surface area contributed by atoms with Gasteiger partial charge in [0.1, 0.15) is 5.82 Å². The van der Waals surface area contributed by atoms with Gasteiger partial charge in [0.05, 0.1) is 9.92 Å². The summed E-state index contributed by atoms with van der Waals surface area (Å²) in [5.41, 5.74) is 0.303. The van der Waals surface area contributed by atoms with Crippen LogP contribution in [0.2, 0.25) is 5.02 Å². The third-order valence-corrected chi connectivity index (χ3v) is 2.54. The smallest absolute Gasteiger partial charge is 0.188 e. The van der Waals surface area contributed by atoms with Gasteiger partial charge < -0.3 is 4.55 Å². The maximum absolute atomic E-state index is 12.8. The summed E-state index contributed by atoms with van der Waals surface area (Å²) in [5.74, 6) is -0.478. The third kappa shape index (κ3) is 1.83. The van der Waals surface area contributed by atoms with Gasteiger partial charge in [-0.05, 0) is 24.6 Å². The Morgan fingerprint density at radius 3 is 2.67 bits per heavy atom. The Hall–Kier alpha value is -0.450. The molecular formula is C7H6ClFO2S. The van der Waals surface area contributed by atoms with E-state index in [0.717, 1.165) is 6.07 Å². The average Bonchev–Trinajstić information content (AvgIpc) is 1.96. The fourth-order valence-electron chi connectivity index (χ4n) is 0.765. The van der Waals surface area contributed by atoms with Gasteiger partial charge in [-0.15, -0.1) is 0 Å². The minimum absolute atomic E-state index is 0.0288. The number of hydrogen-bond donors (Lipinski definition) is 1. The van der Waals surface area contributed by atoms with Crippen molar-refractivity contribution in [1.82, 2.24) is 0 Å². The molecule has 0 saturated heterocycles. The second kappa shape index (κ2) is 3.51. The summed E-state index contributed by atoms with van der Waals surface area (Å²) >= 11 is 3.35. The molecule has 12 heavy (non-hydrogen) atoms. The monoisotopic (exact) mass is 208 g/mol. The van der Waals surface area contributed by atoms with Gasteiger partial charge in [-0.25, -0.2) is 8.60 Å². The molecule has 1 atom stereocenters. The van der Waals surface area contributed by atoms with Crippen LogP contribution in [0.5, 0.6) is 0 Å². The Kier molecular flexibility index (Phi) is 2.82. The van der Waals surface area contributed by atoms with Gasteiger partial charge in [-0.2, -0.15) is 0 Å². The zero-order valence-electron chi connectivity index (χ0n) is 6.17. The van der Waals surface area contributed by atoms with Crippen LogP contribution < -0.4 is 0 Å². The molecule has 0 aliphatic rings. The molecule has 66 valence electrons.